The molecule has 1 N–H and O–H groups in total. The molecule has 3 atom stereocenters. The molecule has 134 valence electrons. The highest BCUT2D eigenvalue weighted by Crippen LogP contribution is 2.53. The molecule has 26 heavy (non-hydrogen) atoms. The molecule has 7 heteroatoms. The average Bonchev–Trinajstić information content (AvgIpc) is 3.40. The van der Waals surface area contributed by atoms with Crippen molar-refractivity contribution in [3.05, 3.63) is 35.7 Å². The topological polar surface area (TPSA) is 59.1 Å². The summed E-state index contributed by atoms with van der Waals surface area (Å²) >= 11 is 6.58. The first-order chi connectivity index (χ1) is 12.7. The van der Waals surface area contributed by atoms with Crippen molar-refractivity contribution in [3.8, 4) is 5.69 Å². The summed E-state index contributed by atoms with van der Waals surface area (Å²) < 4.78 is 4.00. The Morgan fingerprint density at radius 3 is 2.65 bits per heavy atom. The Balaban J connectivity index is 1.37. The number of anilines is 1. The van der Waals surface area contributed by atoms with Gasteiger partial charge in [-0.2, -0.15) is 10.2 Å². The molecule has 3 aliphatic rings. The van der Waals surface area contributed by atoms with E-state index in [1.165, 1.54) is 12.8 Å². The van der Waals surface area contributed by atoms with Gasteiger partial charge in [-0.1, -0.05) is 11.6 Å². The summed E-state index contributed by atoms with van der Waals surface area (Å²) in [5.74, 6) is 1.73. The maximum Gasteiger partial charge on any atom is 0.103 e. The molecule has 3 aromatic rings. The van der Waals surface area contributed by atoms with Gasteiger partial charge in [-0.3, -0.25) is 4.68 Å². The Morgan fingerprint density at radius 2 is 1.92 bits per heavy atom. The molecule has 1 aromatic carbocycles. The van der Waals surface area contributed by atoms with E-state index in [1.807, 2.05) is 27.8 Å². The summed E-state index contributed by atoms with van der Waals surface area (Å²) in [6.45, 7) is 2.28. The quantitative estimate of drug-likeness (QED) is 0.768. The number of hydrogen-bond acceptors (Lipinski definition) is 4. The molecular formula is C19H20ClN5O. The molecule has 0 radical (unpaired) electrons. The van der Waals surface area contributed by atoms with Crippen molar-refractivity contribution in [2.24, 2.45) is 17.8 Å². The SMILES string of the molecule is OCC1[C@H]2CN(c3cc4c(cnn4-c4cnn(C5CC5)c4)cc3Cl)C[C@@H]12. The normalized spacial score (nSPS) is 27.3. The molecule has 0 bridgehead atoms. The molecule has 1 saturated heterocycles. The smallest absolute Gasteiger partial charge is 0.103 e. The van der Waals surface area contributed by atoms with Gasteiger partial charge >= 0.3 is 0 Å². The zero-order valence-electron chi connectivity index (χ0n) is 14.3. The number of piperidine rings is 1. The highest BCUT2D eigenvalue weighted by molar-refractivity contribution is 6.34. The van der Waals surface area contributed by atoms with Gasteiger partial charge < -0.3 is 10.0 Å². The Labute approximate surface area is 156 Å². The molecule has 3 fully saturated rings. The number of aliphatic hydroxyl groups is 1. The van der Waals surface area contributed by atoms with Gasteiger partial charge in [0, 0.05) is 25.1 Å². The monoisotopic (exact) mass is 369 g/mol. The van der Waals surface area contributed by atoms with E-state index in [4.69, 9.17) is 11.6 Å². The van der Waals surface area contributed by atoms with Crippen LogP contribution in [0.15, 0.2) is 30.7 Å². The number of fused-ring (bicyclic) bond motifs is 2. The van der Waals surface area contributed by atoms with Crippen molar-refractivity contribution in [2.45, 2.75) is 18.9 Å². The van der Waals surface area contributed by atoms with Crippen LogP contribution in [0.2, 0.25) is 5.02 Å². The number of aliphatic hydroxyl groups excluding tert-OH is 1. The van der Waals surface area contributed by atoms with E-state index in [-0.39, 0.29) is 0 Å². The largest absolute Gasteiger partial charge is 0.396 e. The van der Waals surface area contributed by atoms with E-state index < -0.39 is 0 Å². The highest BCUT2D eigenvalue weighted by atomic mass is 35.5. The van der Waals surface area contributed by atoms with Crippen LogP contribution in [0.3, 0.4) is 0 Å². The standard InChI is InChI=1S/C19H20ClN5O/c20-17-3-11-5-22-25(13-6-21-24(7-13)12-1-2-12)18(11)4-19(17)23-8-14-15(9-23)16(14)10-26/h3-7,12,14-16,26H,1-2,8-10H2/t14-,15+,16?. The summed E-state index contributed by atoms with van der Waals surface area (Å²) in [4.78, 5) is 2.36. The van der Waals surface area contributed by atoms with Gasteiger partial charge in [-0.05, 0) is 42.7 Å². The molecule has 2 aromatic heterocycles. The Morgan fingerprint density at radius 1 is 1.12 bits per heavy atom. The van der Waals surface area contributed by atoms with E-state index >= 15 is 0 Å². The predicted molar refractivity (Wildman–Crippen MR) is 99.9 cm³/mol. The molecular weight excluding hydrogens is 350 g/mol. The molecule has 6 nitrogen and oxygen atoms in total. The Kier molecular flexibility index (Phi) is 3.03. The van der Waals surface area contributed by atoms with Gasteiger partial charge in [0.05, 0.1) is 40.9 Å². The van der Waals surface area contributed by atoms with Crippen molar-refractivity contribution >= 4 is 28.2 Å². The molecule has 6 rings (SSSR count). The van der Waals surface area contributed by atoms with Gasteiger partial charge in [0.25, 0.3) is 0 Å². The lowest BCUT2D eigenvalue weighted by atomic mass is 10.2. The van der Waals surface area contributed by atoms with E-state index in [0.717, 1.165) is 40.4 Å². The average molecular weight is 370 g/mol. The molecule has 0 amide bonds. The number of benzene rings is 1. The van der Waals surface area contributed by atoms with Crippen molar-refractivity contribution in [1.82, 2.24) is 19.6 Å². The summed E-state index contributed by atoms with van der Waals surface area (Å²) in [6.07, 6.45) is 8.26. The van der Waals surface area contributed by atoms with Crippen LogP contribution in [0, 0.1) is 17.8 Å². The van der Waals surface area contributed by atoms with Gasteiger partial charge in [-0.15, -0.1) is 0 Å². The van der Waals surface area contributed by atoms with Gasteiger partial charge in [0.2, 0.25) is 0 Å². The molecule has 2 aliphatic carbocycles. The first-order valence-electron chi connectivity index (χ1n) is 9.30. The maximum atomic E-state index is 9.38. The summed E-state index contributed by atoms with van der Waals surface area (Å²) in [5.41, 5.74) is 3.11. The van der Waals surface area contributed by atoms with E-state index in [1.54, 1.807) is 0 Å². The van der Waals surface area contributed by atoms with E-state index in [9.17, 15) is 5.11 Å². The Bertz CT molecular complexity index is 995. The number of rotatable bonds is 4. The number of nitrogens with zero attached hydrogens (tertiary/aromatic N) is 5. The minimum absolute atomic E-state index is 0.313. The van der Waals surface area contributed by atoms with E-state index in [0.29, 0.717) is 30.4 Å². The number of halogens is 1. The number of aromatic nitrogens is 4. The minimum Gasteiger partial charge on any atom is -0.396 e. The third-order valence-corrected chi connectivity index (χ3v) is 6.62. The van der Waals surface area contributed by atoms with Crippen LogP contribution in [0.25, 0.3) is 16.6 Å². The van der Waals surface area contributed by atoms with Crippen molar-refractivity contribution < 1.29 is 5.11 Å². The molecule has 2 saturated carbocycles. The fraction of sp³-hybridized carbons (Fsp3) is 0.474. The highest BCUT2D eigenvalue weighted by Gasteiger charge is 2.55. The fourth-order valence-electron chi connectivity index (χ4n) is 4.58. The van der Waals surface area contributed by atoms with Crippen LogP contribution in [0.1, 0.15) is 18.9 Å². The molecule has 0 spiro atoms. The zero-order valence-corrected chi connectivity index (χ0v) is 15.0. The van der Waals surface area contributed by atoms with Gasteiger partial charge in [0.1, 0.15) is 5.69 Å². The zero-order chi connectivity index (χ0) is 17.4. The third kappa shape index (κ3) is 2.15. The second kappa shape index (κ2) is 5.24. The first-order valence-corrected chi connectivity index (χ1v) is 9.68. The van der Waals surface area contributed by atoms with Crippen molar-refractivity contribution in [3.63, 3.8) is 0 Å². The molecule has 1 aliphatic heterocycles. The Hall–Kier alpha value is -2.05. The lowest BCUT2D eigenvalue weighted by Gasteiger charge is -2.23. The summed E-state index contributed by atoms with van der Waals surface area (Å²) in [5, 5.41) is 20.2. The predicted octanol–water partition coefficient (Wildman–Crippen LogP) is 2.88. The molecule has 3 heterocycles. The molecule has 1 unspecified atom stereocenters. The van der Waals surface area contributed by atoms with E-state index in [2.05, 4.69) is 27.4 Å². The van der Waals surface area contributed by atoms with Crippen LogP contribution < -0.4 is 4.90 Å². The van der Waals surface area contributed by atoms with Crippen LogP contribution in [-0.2, 0) is 0 Å². The van der Waals surface area contributed by atoms with Crippen molar-refractivity contribution in [1.29, 1.82) is 0 Å². The fourth-order valence-corrected chi connectivity index (χ4v) is 4.87. The lowest BCUT2D eigenvalue weighted by molar-refractivity contribution is 0.260. The second-order valence-corrected chi connectivity index (χ2v) is 8.31. The summed E-state index contributed by atoms with van der Waals surface area (Å²) in [6, 6.07) is 4.72. The van der Waals surface area contributed by atoms with Crippen LogP contribution in [0.4, 0.5) is 5.69 Å². The van der Waals surface area contributed by atoms with Crippen LogP contribution >= 0.6 is 11.6 Å². The van der Waals surface area contributed by atoms with Gasteiger partial charge in [-0.25, -0.2) is 4.68 Å². The second-order valence-electron chi connectivity index (χ2n) is 7.91. The summed E-state index contributed by atoms with van der Waals surface area (Å²) in [7, 11) is 0. The van der Waals surface area contributed by atoms with Crippen molar-refractivity contribution in [2.75, 3.05) is 24.6 Å². The maximum absolute atomic E-state index is 9.38. The first kappa shape index (κ1) is 15.1. The third-order valence-electron chi connectivity index (χ3n) is 6.31. The van der Waals surface area contributed by atoms with Crippen LogP contribution in [-0.4, -0.2) is 44.4 Å². The number of hydrogen-bond donors (Lipinski definition) is 1. The lowest BCUT2D eigenvalue weighted by Crippen LogP contribution is -2.25. The van der Waals surface area contributed by atoms with Crippen LogP contribution in [0.5, 0.6) is 0 Å². The van der Waals surface area contributed by atoms with Gasteiger partial charge in [0.15, 0.2) is 0 Å². The minimum atomic E-state index is 0.313.